The van der Waals surface area contributed by atoms with Crippen LogP contribution in [0.4, 0.5) is 0 Å². The number of benzene rings is 2. The van der Waals surface area contributed by atoms with E-state index >= 15 is 0 Å². The van der Waals surface area contributed by atoms with Crippen molar-refractivity contribution in [2.75, 3.05) is 27.3 Å². The Bertz CT molecular complexity index is 970. The Kier molecular flexibility index (Phi) is 6.80. The molecule has 1 aliphatic heterocycles. The molecule has 1 amide bonds. The van der Waals surface area contributed by atoms with Gasteiger partial charge in [-0.2, -0.15) is 0 Å². The maximum Gasteiger partial charge on any atom is 0.253 e. The van der Waals surface area contributed by atoms with Crippen molar-refractivity contribution < 1.29 is 22.7 Å². The minimum Gasteiger partial charge on any atom is -0.486 e. The topological polar surface area (TPSA) is 84.9 Å². The molecule has 0 aliphatic carbocycles. The average molecular weight is 433 g/mol. The molecule has 1 fully saturated rings. The van der Waals surface area contributed by atoms with Gasteiger partial charge in [0.05, 0.1) is 24.5 Å². The van der Waals surface area contributed by atoms with Crippen molar-refractivity contribution in [3.05, 3.63) is 54.1 Å². The predicted molar refractivity (Wildman–Crippen MR) is 116 cm³/mol. The summed E-state index contributed by atoms with van der Waals surface area (Å²) in [7, 11) is 0.0480. The number of hydrogen-bond acceptors (Lipinski definition) is 5. The molecule has 0 radical (unpaired) electrons. The first-order chi connectivity index (χ1) is 14.2. The molecule has 162 valence electrons. The molecular weight excluding hydrogens is 404 g/mol. The van der Waals surface area contributed by atoms with Crippen LogP contribution in [0.25, 0.3) is 11.1 Å². The lowest BCUT2D eigenvalue weighted by molar-refractivity contribution is 0.0827. The quantitative estimate of drug-likeness (QED) is 0.727. The molecule has 0 bridgehead atoms. The Morgan fingerprint density at radius 3 is 2.13 bits per heavy atom. The number of carbonyl (C=O) groups is 1. The van der Waals surface area contributed by atoms with Gasteiger partial charge in [0.1, 0.15) is 11.9 Å². The minimum atomic E-state index is -3.40. The van der Waals surface area contributed by atoms with E-state index in [9.17, 15) is 13.2 Å². The van der Waals surface area contributed by atoms with Crippen molar-refractivity contribution in [3.8, 4) is 16.9 Å². The van der Waals surface area contributed by atoms with Crippen LogP contribution >= 0.6 is 0 Å². The number of ether oxygens (including phenoxy) is 2. The van der Waals surface area contributed by atoms with Crippen molar-refractivity contribution in [3.63, 3.8) is 0 Å². The summed E-state index contributed by atoms with van der Waals surface area (Å²) in [5.41, 5.74) is 2.62. The molecule has 3 rings (SSSR count). The molecule has 0 aromatic heterocycles. The molecule has 2 aromatic rings. The Hall–Kier alpha value is -2.42. The first-order valence-electron chi connectivity index (χ1n) is 9.85. The van der Waals surface area contributed by atoms with Crippen molar-refractivity contribution in [1.29, 1.82) is 0 Å². The Balaban J connectivity index is 1.66. The molecule has 1 saturated heterocycles. The summed E-state index contributed by atoms with van der Waals surface area (Å²) in [5, 5.41) is -0.516. The second kappa shape index (κ2) is 9.16. The monoisotopic (exact) mass is 432 g/mol. The maximum absolute atomic E-state index is 12.1. The van der Waals surface area contributed by atoms with Crippen LogP contribution in [0.5, 0.6) is 5.75 Å². The van der Waals surface area contributed by atoms with Gasteiger partial charge in [-0.1, -0.05) is 24.3 Å². The third kappa shape index (κ3) is 5.19. The summed E-state index contributed by atoms with van der Waals surface area (Å²) in [6.45, 7) is 3.88. The molecule has 1 aliphatic rings. The summed E-state index contributed by atoms with van der Waals surface area (Å²) in [4.78, 5) is 13.6. The second-order valence-electron chi connectivity index (χ2n) is 7.81. The van der Waals surface area contributed by atoms with E-state index in [1.807, 2.05) is 48.5 Å². The van der Waals surface area contributed by atoms with Gasteiger partial charge in [-0.25, -0.2) is 13.1 Å². The third-order valence-electron chi connectivity index (χ3n) is 4.98. The van der Waals surface area contributed by atoms with Crippen LogP contribution in [0.2, 0.25) is 0 Å². The lowest BCUT2D eigenvalue weighted by atomic mass is 10.0. The van der Waals surface area contributed by atoms with E-state index in [2.05, 4.69) is 4.72 Å². The molecule has 7 nitrogen and oxygen atoms in total. The van der Waals surface area contributed by atoms with Gasteiger partial charge in [0.15, 0.2) is 0 Å². The molecule has 0 saturated carbocycles. The molecule has 30 heavy (non-hydrogen) atoms. The summed E-state index contributed by atoms with van der Waals surface area (Å²) in [6, 6.07) is 14.6. The lowest BCUT2D eigenvalue weighted by Crippen LogP contribution is -2.47. The highest BCUT2D eigenvalue weighted by atomic mass is 32.2. The Labute approximate surface area is 178 Å². The second-order valence-corrected chi connectivity index (χ2v) is 10.1. The highest BCUT2D eigenvalue weighted by Crippen LogP contribution is 2.25. The van der Waals surface area contributed by atoms with E-state index in [-0.39, 0.29) is 18.6 Å². The molecule has 1 N–H and O–H groups in total. The van der Waals surface area contributed by atoms with Crippen molar-refractivity contribution in [2.24, 2.45) is 0 Å². The van der Waals surface area contributed by atoms with Crippen molar-refractivity contribution in [1.82, 2.24) is 9.62 Å². The highest BCUT2D eigenvalue weighted by molar-refractivity contribution is 7.90. The average Bonchev–Trinajstić information content (AvgIpc) is 3.14. The summed E-state index contributed by atoms with van der Waals surface area (Å²) < 4.78 is 38.4. The van der Waals surface area contributed by atoms with Gasteiger partial charge in [0.25, 0.3) is 5.91 Å². The molecule has 2 aromatic carbocycles. The van der Waals surface area contributed by atoms with Crippen LogP contribution < -0.4 is 9.46 Å². The normalized spacial score (nSPS) is 19.1. The number of sulfonamides is 1. The fraction of sp³-hybridized carbons (Fsp3) is 0.409. The number of nitrogens with one attached hydrogen (secondary N) is 1. The summed E-state index contributed by atoms with van der Waals surface area (Å²) >= 11 is 0. The van der Waals surface area contributed by atoms with Crippen LogP contribution in [-0.4, -0.2) is 63.9 Å². The number of amides is 1. The van der Waals surface area contributed by atoms with Crippen LogP contribution in [0.15, 0.2) is 48.5 Å². The van der Waals surface area contributed by atoms with E-state index < -0.39 is 21.3 Å². The van der Waals surface area contributed by atoms with Gasteiger partial charge >= 0.3 is 0 Å². The van der Waals surface area contributed by atoms with E-state index in [1.165, 1.54) is 0 Å². The van der Waals surface area contributed by atoms with Crippen LogP contribution in [-0.2, 0) is 14.8 Å². The predicted octanol–water partition coefficient (Wildman–Crippen LogP) is 2.53. The van der Waals surface area contributed by atoms with E-state index in [1.54, 1.807) is 32.8 Å². The van der Waals surface area contributed by atoms with Crippen molar-refractivity contribution in [2.45, 2.75) is 31.2 Å². The molecule has 0 unspecified atom stereocenters. The van der Waals surface area contributed by atoms with Crippen molar-refractivity contribution >= 4 is 15.9 Å². The van der Waals surface area contributed by atoms with Gasteiger partial charge in [-0.05, 0) is 49.2 Å². The largest absolute Gasteiger partial charge is 0.486 e. The zero-order valence-corrected chi connectivity index (χ0v) is 18.5. The van der Waals surface area contributed by atoms with Crippen LogP contribution in [0.3, 0.4) is 0 Å². The molecule has 2 atom stereocenters. The fourth-order valence-corrected chi connectivity index (χ4v) is 3.99. The maximum atomic E-state index is 12.1. The van der Waals surface area contributed by atoms with E-state index in [4.69, 9.17) is 9.47 Å². The Morgan fingerprint density at radius 1 is 1.03 bits per heavy atom. The summed E-state index contributed by atoms with van der Waals surface area (Å²) in [6.07, 6.45) is -0.388. The Morgan fingerprint density at radius 2 is 1.60 bits per heavy atom. The van der Waals surface area contributed by atoms with Gasteiger partial charge in [-0.15, -0.1) is 0 Å². The van der Waals surface area contributed by atoms with Crippen LogP contribution in [0.1, 0.15) is 24.2 Å². The van der Waals surface area contributed by atoms with Gasteiger partial charge in [0.2, 0.25) is 10.0 Å². The SMILES string of the molecule is CC(C)S(=O)(=O)N[C@@H]1COC[C@@H]1Oc1ccc(-c2ccc(C(=O)N(C)C)cc2)cc1. The summed E-state index contributed by atoms with van der Waals surface area (Å²) in [5.74, 6) is 0.606. The first kappa shape index (κ1) is 22.3. The number of carbonyl (C=O) groups excluding carboxylic acids is 1. The number of rotatable bonds is 7. The van der Waals surface area contributed by atoms with Crippen LogP contribution in [0, 0.1) is 0 Å². The van der Waals surface area contributed by atoms with E-state index in [0.717, 1.165) is 11.1 Å². The first-order valence-corrected chi connectivity index (χ1v) is 11.4. The lowest BCUT2D eigenvalue weighted by Gasteiger charge is -2.21. The molecule has 1 heterocycles. The van der Waals surface area contributed by atoms with Gasteiger partial charge < -0.3 is 14.4 Å². The smallest absolute Gasteiger partial charge is 0.253 e. The minimum absolute atomic E-state index is 0.0354. The molecular formula is C22H28N2O5S. The zero-order valence-electron chi connectivity index (χ0n) is 17.7. The highest BCUT2D eigenvalue weighted by Gasteiger charge is 2.34. The molecule has 8 heteroatoms. The zero-order chi connectivity index (χ0) is 21.9. The number of hydrogen-bond donors (Lipinski definition) is 1. The molecule has 0 spiro atoms. The van der Waals surface area contributed by atoms with E-state index in [0.29, 0.717) is 17.9 Å². The number of nitrogens with zero attached hydrogens (tertiary/aromatic N) is 1. The fourth-order valence-electron chi connectivity index (χ4n) is 3.07. The third-order valence-corrected chi connectivity index (χ3v) is 6.85. The van der Waals surface area contributed by atoms with Gasteiger partial charge in [-0.3, -0.25) is 4.79 Å². The standard InChI is InChI=1S/C22H28N2O5S/c1-15(2)30(26,27)23-20-13-28-14-21(20)29-19-11-9-17(10-12-19)16-5-7-18(8-6-16)22(25)24(3)4/h5-12,15,20-21,23H,13-14H2,1-4H3/t20-,21+/m1/s1. The van der Waals surface area contributed by atoms with Gasteiger partial charge in [0, 0.05) is 19.7 Å².